The number of likely N-dealkylation sites (N-methyl/N-ethyl adjacent to an activating group) is 1. The van der Waals surface area contributed by atoms with Crippen molar-refractivity contribution in [3.63, 3.8) is 0 Å². The molecule has 0 unspecified atom stereocenters. The van der Waals surface area contributed by atoms with Crippen molar-refractivity contribution in [1.82, 2.24) is 15.8 Å². The second-order valence-electron chi connectivity index (χ2n) is 2.42. The maximum absolute atomic E-state index is 11.1. The van der Waals surface area contributed by atoms with Crippen LogP contribution < -0.4 is 10.9 Å². The molecule has 80 valence electrons. The Morgan fingerprint density at radius 3 is 2.31 bits per heavy atom. The largest absolute Gasteiger partial charge is 0.345 e. The zero-order valence-corrected chi connectivity index (χ0v) is 9.48. The third-order valence-electron chi connectivity index (χ3n) is 1.40. The van der Waals surface area contributed by atoms with Crippen LogP contribution >= 0.6 is 0 Å². The van der Waals surface area contributed by atoms with Gasteiger partial charge in [-0.05, 0) is 13.5 Å². The number of hydrazine groups is 1. The summed E-state index contributed by atoms with van der Waals surface area (Å²) in [6.07, 6.45) is 1.00. The molecule has 0 aliphatic carbocycles. The quantitative estimate of drug-likeness (QED) is 0.623. The predicted molar refractivity (Wildman–Crippen MR) is 56.3 cm³/mol. The van der Waals surface area contributed by atoms with Crippen molar-refractivity contribution in [2.75, 3.05) is 27.2 Å². The molecule has 0 rings (SSSR count). The molecule has 0 atom stereocenters. The van der Waals surface area contributed by atoms with Crippen LogP contribution in [-0.4, -0.2) is 38.0 Å². The summed E-state index contributed by atoms with van der Waals surface area (Å²) in [4.78, 5) is 12.8. The van der Waals surface area contributed by atoms with Gasteiger partial charge in [0.2, 0.25) is 5.91 Å². The van der Waals surface area contributed by atoms with Crippen LogP contribution in [0.1, 0.15) is 27.2 Å². The smallest absolute Gasteiger partial charge is 0.237 e. The molecule has 0 saturated heterocycles. The fourth-order valence-corrected chi connectivity index (χ4v) is 0.759. The van der Waals surface area contributed by atoms with Crippen molar-refractivity contribution < 1.29 is 4.79 Å². The van der Waals surface area contributed by atoms with E-state index in [1.165, 1.54) is 0 Å². The van der Waals surface area contributed by atoms with E-state index < -0.39 is 0 Å². The molecule has 0 saturated carbocycles. The standard InChI is InChI=1S/C7H17N3O.C2H6/c1-4-5-10(3)7(11)6-9-8-2;1-2/h8-9H,4-6H2,1-3H3;1-2H3. The molecule has 1 amide bonds. The van der Waals surface area contributed by atoms with Gasteiger partial charge in [-0.15, -0.1) is 0 Å². The molecule has 4 heteroatoms. The number of carbonyl (C=O) groups excluding carboxylic acids is 1. The number of hydrogen-bond donors (Lipinski definition) is 2. The minimum Gasteiger partial charge on any atom is -0.345 e. The van der Waals surface area contributed by atoms with E-state index in [0.29, 0.717) is 6.54 Å². The number of amides is 1. The van der Waals surface area contributed by atoms with Gasteiger partial charge in [0.15, 0.2) is 0 Å². The van der Waals surface area contributed by atoms with E-state index in [1.54, 1.807) is 11.9 Å². The van der Waals surface area contributed by atoms with Gasteiger partial charge in [-0.1, -0.05) is 20.8 Å². The van der Waals surface area contributed by atoms with E-state index in [4.69, 9.17) is 0 Å². The average Bonchev–Trinajstić information content (AvgIpc) is 2.17. The molecule has 0 aromatic rings. The Bertz CT molecular complexity index is 117. The van der Waals surface area contributed by atoms with Gasteiger partial charge in [-0.25, -0.2) is 5.43 Å². The second-order valence-corrected chi connectivity index (χ2v) is 2.42. The summed E-state index contributed by atoms with van der Waals surface area (Å²) in [7, 11) is 3.55. The monoisotopic (exact) mass is 189 g/mol. The Morgan fingerprint density at radius 1 is 1.38 bits per heavy atom. The van der Waals surface area contributed by atoms with E-state index in [2.05, 4.69) is 17.8 Å². The first kappa shape index (κ1) is 14.9. The molecule has 0 aromatic carbocycles. The molecule has 0 aliphatic heterocycles. The molecular weight excluding hydrogens is 166 g/mol. The highest BCUT2D eigenvalue weighted by molar-refractivity contribution is 5.77. The Balaban J connectivity index is 0. The van der Waals surface area contributed by atoms with Gasteiger partial charge in [0.05, 0.1) is 6.54 Å². The van der Waals surface area contributed by atoms with Gasteiger partial charge < -0.3 is 4.90 Å². The van der Waals surface area contributed by atoms with Crippen LogP contribution in [0.3, 0.4) is 0 Å². The summed E-state index contributed by atoms with van der Waals surface area (Å²) in [5.74, 6) is 0.112. The maximum Gasteiger partial charge on any atom is 0.237 e. The van der Waals surface area contributed by atoms with Gasteiger partial charge in [-0.2, -0.15) is 0 Å². The molecule has 0 aliphatic rings. The lowest BCUT2D eigenvalue weighted by Crippen LogP contribution is -2.40. The normalized spacial score (nSPS) is 8.69. The SMILES string of the molecule is CC.CCCN(C)C(=O)CNNC. The lowest BCUT2D eigenvalue weighted by atomic mass is 10.4. The summed E-state index contributed by atoms with van der Waals surface area (Å²) < 4.78 is 0. The zero-order valence-electron chi connectivity index (χ0n) is 9.48. The van der Waals surface area contributed by atoms with Crippen molar-refractivity contribution in [3.05, 3.63) is 0 Å². The molecule has 0 heterocycles. The fourth-order valence-electron chi connectivity index (χ4n) is 0.759. The lowest BCUT2D eigenvalue weighted by molar-refractivity contribution is -0.129. The van der Waals surface area contributed by atoms with Gasteiger partial charge in [0.1, 0.15) is 0 Å². The first-order valence-electron chi connectivity index (χ1n) is 4.86. The molecular formula is C9H23N3O. The molecule has 4 nitrogen and oxygen atoms in total. The summed E-state index contributed by atoms with van der Waals surface area (Å²) in [5.41, 5.74) is 5.44. The first-order valence-corrected chi connectivity index (χ1v) is 4.86. The summed E-state index contributed by atoms with van der Waals surface area (Å²) in [6, 6.07) is 0. The van der Waals surface area contributed by atoms with Crippen molar-refractivity contribution in [2.24, 2.45) is 0 Å². The Labute approximate surface area is 81.7 Å². The molecule has 2 N–H and O–H groups in total. The number of nitrogens with zero attached hydrogens (tertiary/aromatic N) is 1. The molecule has 0 spiro atoms. The summed E-state index contributed by atoms with van der Waals surface area (Å²) in [5, 5.41) is 0. The lowest BCUT2D eigenvalue weighted by Gasteiger charge is -2.15. The van der Waals surface area contributed by atoms with E-state index in [0.717, 1.165) is 13.0 Å². The summed E-state index contributed by atoms with van der Waals surface area (Å²) >= 11 is 0. The average molecular weight is 189 g/mol. The highest BCUT2D eigenvalue weighted by Gasteiger charge is 2.04. The van der Waals surface area contributed by atoms with Crippen LogP contribution in [0, 0.1) is 0 Å². The number of hydrogen-bond acceptors (Lipinski definition) is 3. The van der Waals surface area contributed by atoms with Crippen molar-refractivity contribution in [3.8, 4) is 0 Å². The van der Waals surface area contributed by atoms with Crippen LogP contribution in [0.25, 0.3) is 0 Å². The van der Waals surface area contributed by atoms with Crippen molar-refractivity contribution in [1.29, 1.82) is 0 Å². The number of carbonyl (C=O) groups is 1. The van der Waals surface area contributed by atoms with Crippen LogP contribution in [0.15, 0.2) is 0 Å². The summed E-state index contributed by atoms with van der Waals surface area (Å²) in [6.45, 7) is 7.23. The molecule has 0 fully saturated rings. The minimum atomic E-state index is 0.112. The van der Waals surface area contributed by atoms with Gasteiger partial charge in [0.25, 0.3) is 0 Å². The Morgan fingerprint density at radius 2 is 1.92 bits per heavy atom. The van der Waals surface area contributed by atoms with Crippen molar-refractivity contribution >= 4 is 5.91 Å². The van der Waals surface area contributed by atoms with E-state index in [-0.39, 0.29) is 5.91 Å². The van der Waals surface area contributed by atoms with Gasteiger partial charge >= 0.3 is 0 Å². The van der Waals surface area contributed by atoms with E-state index >= 15 is 0 Å². The molecule has 13 heavy (non-hydrogen) atoms. The van der Waals surface area contributed by atoms with Crippen LogP contribution in [0.4, 0.5) is 0 Å². The topological polar surface area (TPSA) is 44.4 Å². The Hall–Kier alpha value is -0.610. The zero-order chi connectivity index (χ0) is 10.7. The fraction of sp³-hybridized carbons (Fsp3) is 0.889. The third kappa shape index (κ3) is 9.30. The first-order chi connectivity index (χ1) is 6.22. The van der Waals surface area contributed by atoms with Gasteiger partial charge in [-0.3, -0.25) is 10.2 Å². The molecule has 0 radical (unpaired) electrons. The molecule has 0 aromatic heterocycles. The van der Waals surface area contributed by atoms with Crippen LogP contribution in [0.5, 0.6) is 0 Å². The van der Waals surface area contributed by atoms with Gasteiger partial charge in [0, 0.05) is 13.6 Å². The molecule has 0 bridgehead atoms. The number of nitrogens with one attached hydrogen (secondary N) is 2. The Kier molecular flexibility index (Phi) is 13.0. The van der Waals surface area contributed by atoms with Crippen LogP contribution in [0.2, 0.25) is 0 Å². The maximum atomic E-state index is 11.1. The third-order valence-corrected chi connectivity index (χ3v) is 1.40. The van der Waals surface area contributed by atoms with E-state index in [1.807, 2.05) is 20.9 Å². The van der Waals surface area contributed by atoms with E-state index in [9.17, 15) is 4.79 Å². The second kappa shape index (κ2) is 11.4. The highest BCUT2D eigenvalue weighted by atomic mass is 16.2. The van der Waals surface area contributed by atoms with Crippen molar-refractivity contribution in [2.45, 2.75) is 27.2 Å². The predicted octanol–water partition coefficient (Wildman–Crippen LogP) is 0.605. The highest BCUT2D eigenvalue weighted by Crippen LogP contribution is 1.85. The minimum absolute atomic E-state index is 0.112. The number of rotatable bonds is 5. The van der Waals surface area contributed by atoms with Crippen LogP contribution in [-0.2, 0) is 4.79 Å².